The number of aromatic amines is 1. The summed E-state index contributed by atoms with van der Waals surface area (Å²) in [6, 6.07) is 13.8. The Morgan fingerprint density at radius 1 is 1.22 bits per heavy atom. The zero-order valence-corrected chi connectivity index (χ0v) is 15.7. The van der Waals surface area contributed by atoms with E-state index in [9.17, 15) is 9.59 Å². The highest BCUT2D eigenvalue weighted by Crippen LogP contribution is 2.28. The zero-order valence-electron chi connectivity index (χ0n) is 14.2. The second-order valence-corrected chi connectivity index (χ2v) is 6.55. The Morgan fingerprint density at radius 2 is 2.00 bits per heavy atom. The third-order valence-electron chi connectivity index (χ3n) is 3.73. The van der Waals surface area contributed by atoms with E-state index in [1.165, 1.54) is 12.3 Å². The smallest absolute Gasteiger partial charge is 0.280 e. The van der Waals surface area contributed by atoms with Gasteiger partial charge in [-0.15, -0.1) is 0 Å². The molecule has 3 aromatic rings. The van der Waals surface area contributed by atoms with Gasteiger partial charge in [-0.25, -0.2) is 5.43 Å². The van der Waals surface area contributed by atoms with Crippen molar-refractivity contribution < 1.29 is 9.53 Å². The van der Waals surface area contributed by atoms with Crippen LogP contribution in [0.3, 0.4) is 0 Å². The number of rotatable bonds is 5. The molecule has 6 nitrogen and oxygen atoms in total. The van der Waals surface area contributed by atoms with E-state index >= 15 is 0 Å². The normalized spacial score (nSPS) is 12.3. The van der Waals surface area contributed by atoms with Gasteiger partial charge in [0.25, 0.3) is 11.5 Å². The number of benzene rings is 2. The van der Waals surface area contributed by atoms with E-state index in [1.807, 2.05) is 18.2 Å². The number of hydrazone groups is 1. The number of carbonyl (C=O) groups is 1. The van der Waals surface area contributed by atoms with Crippen molar-refractivity contribution in [1.29, 1.82) is 0 Å². The molecule has 0 aliphatic heterocycles. The third-order valence-corrected chi connectivity index (χ3v) is 4.26. The molecule has 0 radical (unpaired) electrons. The molecule has 0 unspecified atom stereocenters. The fourth-order valence-corrected chi connectivity index (χ4v) is 2.78. The molecule has 1 aromatic heterocycles. The molecule has 0 aliphatic carbocycles. The molecular formula is C19H15Cl2N3O3. The number of fused-ring (bicyclic) bond motifs is 1. The molecule has 138 valence electrons. The molecular weight excluding hydrogens is 389 g/mol. The molecule has 8 heteroatoms. The molecule has 0 saturated heterocycles. The summed E-state index contributed by atoms with van der Waals surface area (Å²) >= 11 is 11.8. The second kappa shape index (κ2) is 8.24. The number of amides is 1. The van der Waals surface area contributed by atoms with Crippen molar-refractivity contribution in [3.63, 3.8) is 0 Å². The van der Waals surface area contributed by atoms with Crippen molar-refractivity contribution >= 4 is 46.2 Å². The monoisotopic (exact) mass is 403 g/mol. The molecule has 0 aliphatic rings. The van der Waals surface area contributed by atoms with E-state index in [0.29, 0.717) is 21.4 Å². The van der Waals surface area contributed by atoms with Crippen molar-refractivity contribution in [1.82, 2.24) is 10.4 Å². The van der Waals surface area contributed by atoms with Crippen LogP contribution in [0.2, 0.25) is 10.0 Å². The van der Waals surface area contributed by atoms with Crippen LogP contribution in [0.4, 0.5) is 0 Å². The lowest BCUT2D eigenvalue weighted by atomic mass is 10.2. The van der Waals surface area contributed by atoms with E-state index in [0.717, 1.165) is 10.9 Å². The second-order valence-electron chi connectivity index (χ2n) is 5.71. The van der Waals surface area contributed by atoms with Crippen LogP contribution in [0.5, 0.6) is 5.75 Å². The minimum Gasteiger partial charge on any atom is -0.479 e. The highest BCUT2D eigenvalue weighted by atomic mass is 35.5. The lowest BCUT2D eigenvalue weighted by Gasteiger charge is -2.14. The number of ether oxygens (including phenoxy) is 1. The number of hydrogen-bond acceptors (Lipinski definition) is 4. The number of nitrogens with zero attached hydrogens (tertiary/aromatic N) is 1. The third kappa shape index (κ3) is 4.67. The van der Waals surface area contributed by atoms with E-state index in [4.69, 9.17) is 27.9 Å². The van der Waals surface area contributed by atoms with Gasteiger partial charge in [-0.3, -0.25) is 9.59 Å². The molecule has 3 rings (SSSR count). The maximum absolute atomic E-state index is 12.1. The number of hydrogen-bond donors (Lipinski definition) is 2. The van der Waals surface area contributed by atoms with Gasteiger partial charge >= 0.3 is 0 Å². The van der Waals surface area contributed by atoms with E-state index in [2.05, 4.69) is 15.5 Å². The van der Waals surface area contributed by atoms with Gasteiger partial charge in [0.2, 0.25) is 0 Å². The van der Waals surface area contributed by atoms with Crippen LogP contribution in [-0.2, 0) is 4.79 Å². The van der Waals surface area contributed by atoms with Gasteiger partial charge < -0.3 is 9.72 Å². The Morgan fingerprint density at radius 3 is 2.78 bits per heavy atom. The summed E-state index contributed by atoms with van der Waals surface area (Å²) in [6.07, 6.45) is 0.432. The Labute approximate surface area is 164 Å². The minimum atomic E-state index is -0.851. The largest absolute Gasteiger partial charge is 0.479 e. The Kier molecular flexibility index (Phi) is 5.78. The summed E-state index contributed by atoms with van der Waals surface area (Å²) in [5.74, 6) is -0.159. The number of H-pyrrole nitrogens is 1. The molecule has 1 atom stereocenters. The lowest BCUT2D eigenvalue weighted by molar-refractivity contribution is -0.127. The van der Waals surface area contributed by atoms with Gasteiger partial charge in [0, 0.05) is 10.5 Å². The summed E-state index contributed by atoms with van der Waals surface area (Å²) in [7, 11) is 0. The summed E-state index contributed by atoms with van der Waals surface area (Å²) < 4.78 is 5.50. The Balaban J connectivity index is 1.66. The standard InChI is InChI=1S/C19H15Cl2N3O3/c1-11(27-17-7-6-14(20)9-15(17)21)18(25)24-22-10-13-8-12-4-2-3-5-16(12)23-19(13)26/h2-11H,1H3,(H,23,26)(H,24,25)/b22-10-/t11-/m1/s1. The van der Waals surface area contributed by atoms with Crippen molar-refractivity contribution in [3.05, 3.63) is 74.5 Å². The van der Waals surface area contributed by atoms with Gasteiger partial charge in [0.15, 0.2) is 6.10 Å². The molecule has 0 spiro atoms. The zero-order chi connectivity index (χ0) is 19.4. The van der Waals surface area contributed by atoms with E-state index < -0.39 is 12.0 Å². The Hall–Kier alpha value is -2.83. The fraction of sp³-hybridized carbons (Fsp3) is 0.105. The first-order valence-electron chi connectivity index (χ1n) is 8.01. The maximum atomic E-state index is 12.1. The number of para-hydroxylation sites is 1. The van der Waals surface area contributed by atoms with Crippen LogP contribution in [-0.4, -0.2) is 23.2 Å². The predicted octanol–water partition coefficient (Wildman–Crippen LogP) is 3.75. The molecule has 2 aromatic carbocycles. The first-order chi connectivity index (χ1) is 12.9. The van der Waals surface area contributed by atoms with Gasteiger partial charge in [0.05, 0.1) is 16.8 Å². The SMILES string of the molecule is C[C@@H](Oc1ccc(Cl)cc1Cl)C(=O)N/N=C\c1cc2ccccc2[nH]c1=O. The first-order valence-corrected chi connectivity index (χ1v) is 8.76. The highest BCUT2D eigenvalue weighted by molar-refractivity contribution is 6.35. The first kappa shape index (κ1) is 18.9. The van der Waals surface area contributed by atoms with Crippen LogP contribution in [0.1, 0.15) is 12.5 Å². The average molecular weight is 404 g/mol. The lowest BCUT2D eigenvalue weighted by Crippen LogP contribution is -2.33. The van der Waals surface area contributed by atoms with Crippen molar-refractivity contribution in [3.8, 4) is 5.75 Å². The molecule has 1 amide bonds. The van der Waals surface area contributed by atoms with Crippen LogP contribution >= 0.6 is 23.2 Å². The fourth-order valence-electron chi connectivity index (χ4n) is 2.33. The number of carbonyl (C=O) groups excluding carboxylic acids is 1. The van der Waals surface area contributed by atoms with Gasteiger partial charge in [-0.05, 0) is 42.6 Å². The van der Waals surface area contributed by atoms with Crippen molar-refractivity contribution in [2.75, 3.05) is 0 Å². The summed E-state index contributed by atoms with van der Waals surface area (Å²) in [4.78, 5) is 26.9. The van der Waals surface area contributed by atoms with Crippen LogP contribution in [0.15, 0.2) is 58.4 Å². The van der Waals surface area contributed by atoms with E-state index in [1.54, 1.807) is 31.2 Å². The topological polar surface area (TPSA) is 83.5 Å². The van der Waals surface area contributed by atoms with Crippen LogP contribution in [0, 0.1) is 0 Å². The quantitative estimate of drug-likeness (QED) is 0.502. The van der Waals surface area contributed by atoms with Gasteiger partial charge in [-0.2, -0.15) is 5.10 Å². The predicted molar refractivity (Wildman–Crippen MR) is 107 cm³/mol. The molecule has 1 heterocycles. The Bertz CT molecular complexity index is 1080. The summed E-state index contributed by atoms with van der Waals surface area (Å²) in [5.41, 5.74) is 3.09. The number of nitrogens with one attached hydrogen (secondary N) is 2. The molecule has 2 N–H and O–H groups in total. The molecule has 0 bridgehead atoms. The van der Waals surface area contributed by atoms with Crippen LogP contribution in [0.25, 0.3) is 10.9 Å². The van der Waals surface area contributed by atoms with Gasteiger partial charge in [0.1, 0.15) is 5.75 Å². The van der Waals surface area contributed by atoms with Crippen LogP contribution < -0.4 is 15.7 Å². The van der Waals surface area contributed by atoms with Gasteiger partial charge in [-0.1, -0.05) is 41.4 Å². The van der Waals surface area contributed by atoms with Crippen molar-refractivity contribution in [2.24, 2.45) is 5.10 Å². The highest BCUT2D eigenvalue weighted by Gasteiger charge is 2.15. The average Bonchev–Trinajstić information content (AvgIpc) is 2.64. The maximum Gasteiger partial charge on any atom is 0.280 e. The summed E-state index contributed by atoms with van der Waals surface area (Å²) in [6.45, 7) is 1.55. The number of halogens is 2. The summed E-state index contributed by atoms with van der Waals surface area (Å²) in [5, 5.41) is 5.46. The number of pyridine rings is 1. The minimum absolute atomic E-state index is 0.299. The molecule has 0 saturated carbocycles. The molecule has 27 heavy (non-hydrogen) atoms. The molecule has 0 fully saturated rings. The van der Waals surface area contributed by atoms with Crippen molar-refractivity contribution in [2.45, 2.75) is 13.0 Å². The number of aromatic nitrogens is 1. The van der Waals surface area contributed by atoms with E-state index in [-0.39, 0.29) is 5.56 Å².